The summed E-state index contributed by atoms with van der Waals surface area (Å²) in [5.41, 5.74) is 2.41. The number of anilines is 1. The van der Waals surface area contributed by atoms with Gasteiger partial charge in [0.15, 0.2) is 12.4 Å². The Morgan fingerprint density at radius 2 is 2.04 bits per heavy atom. The van der Waals surface area contributed by atoms with Gasteiger partial charge in [-0.2, -0.15) is 5.10 Å². The van der Waals surface area contributed by atoms with Crippen LogP contribution in [-0.2, 0) is 4.79 Å². The minimum absolute atomic E-state index is 0.216. The van der Waals surface area contributed by atoms with Crippen LogP contribution in [0.1, 0.15) is 5.69 Å². The van der Waals surface area contributed by atoms with E-state index in [0.717, 1.165) is 16.8 Å². The van der Waals surface area contributed by atoms with E-state index in [4.69, 9.17) is 16.3 Å². The molecule has 0 aliphatic rings. The first kappa shape index (κ1) is 17.0. The van der Waals surface area contributed by atoms with E-state index in [1.165, 1.54) is 24.3 Å². The summed E-state index contributed by atoms with van der Waals surface area (Å²) in [5.74, 6) is 0.0614. The van der Waals surface area contributed by atoms with Gasteiger partial charge in [-0.3, -0.25) is 9.89 Å². The standard InChI is InChI=1S/C18H15ClFN3O2/c1-11-17(12-3-2-4-13(19)9-12)18(23-22-11)21-16(24)10-25-15-7-5-14(20)6-8-15/h2-9H,10H2,1H3,(H2,21,22,23,24). The first-order valence-corrected chi connectivity index (χ1v) is 7.90. The van der Waals surface area contributed by atoms with Crippen LogP contribution in [0.5, 0.6) is 5.75 Å². The highest BCUT2D eigenvalue weighted by Gasteiger charge is 2.15. The molecule has 1 amide bonds. The van der Waals surface area contributed by atoms with E-state index in [1.54, 1.807) is 12.1 Å². The van der Waals surface area contributed by atoms with Gasteiger partial charge >= 0.3 is 0 Å². The Labute approximate surface area is 148 Å². The summed E-state index contributed by atoms with van der Waals surface area (Å²) >= 11 is 6.04. The summed E-state index contributed by atoms with van der Waals surface area (Å²) < 4.78 is 18.2. The van der Waals surface area contributed by atoms with E-state index < -0.39 is 0 Å². The SMILES string of the molecule is Cc1[nH]nc(NC(=O)COc2ccc(F)cc2)c1-c1cccc(Cl)c1. The molecule has 25 heavy (non-hydrogen) atoms. The largest absolute Gasteiger partial charge is 0.484 e. The Hall–Kier alpha value is -2.86. The Morgan fingerprint density at radius 3 is 2.76 bits per heavy atom. The van der Waals surface area contributed by atoms with Crippen LogP contribution in [0.4, 0.5) is 10.2 Å². The zero-order valence-electron chi connectivity index (χ0n) is 13.3. The molecule has 1 aromatic heterocycles. The minimum atomic E-state index is -0.376. The third kappa shape index (κ3) is 4.16. The Balaban J connectivity index is 1.70. The third-order valence-electron chi connectivity index (χ3n) is 3.50. The fraction of sp³-hybridized carbons (Fsp3) is 0.111. The Bertz CT molecular complexity index is 894. The highest BCUT2D eigenvalue weighted by molar-refractivity contribution is 6.30. The van der Waals surface area contributed by atoms with Crippen LogP contribution < -0.4 is 10.1 Å². The van der Waals surface area contributed by atoms with Crippen LogP contribution in [0, 0.1) is 12.7 Å². The molecule has 0 saturated heterocycles. The first-order chi connectivity index (χ1) is 12.0. The molecule has 0 bridgehead atoms. The van der Waals surface area contributed by atoms with Crippen LogP contribution in [0.2, 0.25) is 5.02 Å². The number of H-pyrrole nitrogens is 1. The number of aryl methyl sites for hydroxylation is 1. The van der Waals surface area contributed by atoms with Crippen molar-refractivity contribution in [3.8, 4) is 16.9 Å². The zero-order chi connectivity index (χ0) is 17.8. The molecule has 3 aromatic rings. The zero-order valence-corrected chi connectivity index (χ0v) is 14.1. The number of rotatable bonds is 5. The van der Waals surface area contributed by atoms with Crippen molar-refractivity contribution in [2.45, 2.75) is 6.92 Å². The molecule has 0 unspecified atom stereocenters. The van der Waals surface area contributed by atoms with E-state index in [1.807, 2.05) is 19.1 Å². The number of aromatic nitrogens is 2. The maximum Gasteiger partial charge on any atom is 0.263 e. The number of nitrogens with zero attached hydrogens (tertiary/aromatic N) is 1. The number of carbonyl (C=O) groups excluding carboxylic acids is 1. The second-order valence-electron chi connectivity index (χ2n) is 5.37. The minimum Gasteiger partial charge on any atom is -0.484 e. The van der Waals surface area contributed by atoms with Crippen molar-refractivity contribution < 1.29 is 13.9 Å². The number of hydrogen-bond acceptors (Lipinski definition) is 3. The highest BCUT2D eigenvalue weighted by Crippen LogP contribution is 2.30. The number of benzene rings is 2. The molecule has 7 heteroatoms. The van der Waals surface area contributed by atoms with Gasteiger partial charge in [0.1, 0.15) is 11.6 Å². The Morgan fingerprint density at radius 1 is 1.28 bits per heavy atom. The van der Waals surface area contributed by atoms with Gasteiger partial charge in [-0.05, 0) is 48.9 Å². The third-order valence-corrected chi connectivity index (χ3v) is 3.74. The fourth-order valence-corrected chi connectivity index (χ4v) is 2.55. The van der Waals surface area contributed by atoms with Gasteiger partial charge in [0, 0.05) is 16.3 Å². The number of halogens is 2. The molecule has 1 heterocycles. The molecule has 0 atom stereocenters. The lowest BCUT2D eigenvalue weighted by Gasteiger charge is -2.08. The molecule has 0 spiro atoms. The van der Waals surface area contributed by atoms with Gasteiger partial charge in [-0.25, -0.2) is 4.39 Å². The average Bonchev–Trinajstić information content (AvgIpc) is 2.94. The van der Waals surface area contributed by atoms with Crippen molar-refractivity contribution >= 4 is 23.3 Å². The number of carbonyl (C=O) groups is 1. The number of aromatic amines is 1. The predicted molar refractivity (Wildman–Crippen MR) is 94.3 cm³/mol. The Kier molecular flexibility index (Phi) is 5.00. The van der Waals surface area contributed by atoms with Gasteiger partial charge in [0.25, 0.3) is 5.91 Å². The van der Waals surface area contributed by atoms with Crippen LogP contribution >= 0.6 is 11.6 Å². The molecular weight excluding hydrogens is 345 g/mol. The molecule has 2 aromatic carbocycles. The molecule has 0 radical (unpaired) electrons. The van der Waals surface area contributed by atoms with Crippen molar-refractivity contribution in [2.24, 2.45) is 0 Å². The highest BCUT2D eigenvalue weighted by atomic mass is 35.5. The number of nitrogens with one attached hydrogen (secondary N) is 2. The molecule has 2 N–H and O–H groups in total. The molecule has 128 valence electrons. The number of hydrogen-bond donors (Lipinski definition) is 2. The lowest BCUT2D eigenvalue weighted by atomic mass is 10.1. The van der Waals surface area contributed by atoms with Crippen LogP contribution in [0.15, 0.2) is 48.5 Å². The van der Waals surface area contributed by atoms with Crippen molar-refractivity contribution in [2.75, 3.05) is 11.9 Å². The van der Waals surface area contributed by atoms with E-state index in [2.05, 4.69) is 15.5 Å². The molecular formula is C18H15ClFN3O2. The van der Waals surface area contributed by atoms with Crippen LogP contribution in [0.3, 0.4) is 0 Å². The van der Waals surface area contributed by atoms with Crippen LogP contribution in [0.25, 0.3) is 11.1 Å². The maximum atomic E-state index is 12.9. The second-order valence-corrected chi connectivity index (χ2v) is 5.81. The fourth-order valence-electron chi connectivity index (χ4n) is 2.36. The van der Waals surface area contributed by atoms with Gasteiger partial charge < -0.3 is 10.1 Å². The van der Waals surface area contributed by atoms with Gasteiger partial charge in [0.2, 0.25) is 0 Å². The summed E-state index contributed by atoms with van der Waals surface area (Å²) in [4.78, 5) is 12.1. The van der Waals surface area contributed by atoms with Gasteiger partial charge in [0.05, 0.1) is 0 Å². The number of ether oxygens (including phenoxy) is 1. The van der Waals surface area contributed by atoms with Crippen molar-refractivity contribution in [3.63, 3.8) is 0 Å². The lowest BCUT2D eigenvalue weighted by Crippen LogP contribution is -2.20. The van der Waals surface area contributed by atoms with Crippen LogP contribution in [-0.4, -0.2) is 22.7 Å². The van der Waals surface area contributed by atoms with Crippen molar-refractivity contribution in [1.29, 1.82) is 0 Å². The average molecular weight is 360 g/mol. The monoisotopic (exact) mass is 359 g/mol. The summed E-state index contributed by atoms with van der Waals surface area (Å²) in [6, 6.07) is 12.7. The molecule has 0 aliphatic carbocycles. The summed E-state index contributed by atoms with van der Waals surface area (Å²) in [6.45, 7) is 1.64. The maximum absolute atomic E-state index is 12.9. The second kappa shape index (κ2) is 7.36. The molecule has 0 saturated carbocycles. The number of amides is 1. The normalized spacial score (nSPS) is 10.5. The van der Waals surface area contributed by atoms with E-state index in [-0.39, 0.29) is 18.3 Å². The molecule has 0 aliphatic heterocycles. The van der Waals surface area contributed by atoms with Gasteiger partial charge in [-0.1, -0.05) is 23.7 Å². The quantitative estimate of drug-likeness (QED) is 0.717. The van der Waals surface area contributed by atoms with Crippen molar-refractivity contribution in [1.82, 2.24) is 10.2 Å². The molecule has 3 rings (SSSR count). The first-order valence-electron chi connectivity index (χ1n) is 7.52. The summed E-state index contributed by atoms with van der Waals surface area (Å²) in [7, 11) is 0. The summed E-state index contributed by atoms with van der Waals surface area (Å²) in [6.07, 6.45) is 0. The van der Waals surface area contributed by atoms with E-state index >= 15 is 0 Å². The molecule has 5 nitrogen and oxygen atoms in total. The van der Waals surface area contributed by atoms with Gasteiger partial charge in [-0.15, -0.1) is 0 Å². The lowest BCUT2D eigenvalue weighted by molar-refractivity contribution is -0.118. The predicted octanol–water partition coefficient (Wildman–Crippen LogP) is 4.20. The molecule has 0 fully saturated rings. The smallest absolute Gasteiger partial charge is 0.263 e. The van der Waals surface area contributed by atoms with Crippen molar-refractivity contribution in [3.05, 3.63) is 65.1 Å². The van der Waals surface area contributed by atoms with E-state index in [9.17, 15) is 9.18 Å². The summed E-state index contributed by atoms with van der Waals surface area (Å²) in [5, 5.41) is 10.3. The topological polar surface area (TPSA) is 67.0 Å². The van der Waals surface area contributed by atoms with E-state index in [0.29, 0.717) is 16.6 Å².